The summed E-state index contributed by atoms with van der Waals surface area (Å²) in [6, 6.07) is 23.1. The van der Waals surface area contributed by atoms with Crippen LogP contribution in [0.4, 0.5) is 0 Å². The monoisotopic (exact) mass is 1060 g/mol. The summed E-state index contributed by atoms with van der Waals surface area (Å²) in [4.78, 5) is 0. The average molecular weight is 1060 g/mol. The first-order chi connectivity index (χ1) is 38.3. The van der Waals surface area contributed by atoms with Crippen LogP contribution >= 0.6 is 0 Å². The van der Waals surface area contributed by atoms with E-state index in [9.17, 15) is 0 Å². The van der Waals surface area contributed by atoms with Gasteiger partial charge < -0.3 is 47.4 Å². The molecule has 5 aromatic carbocycles. The van der Waals surface area contributed by atoms with Gasteiger partial charge in [0.15, 0.2) is 0 Å². The Kier molecular flexibility index (Phi) is 27.4. The summed E-state index contributed by atoms with van der Waals surface area (Å²) in [5.74, 6) is 33.6. The van der Waals surface area contributed by atoms with Crippen LogP contribution in [-0.4, -0.2) is 66.1 Å². The van der Waals surface area contributed by atoms with Crippen molar-refractivity contribution in [3.63, 3.8) is 0 Å². The van der Waals surface area contributed by atoms with Crippen LogP contribution in [0.15, 0.2) is 72.8 Å². The van der Waals surface area contributed by atoms with E-state index in [0.29, 0.717) is 145 Å². The summed E-state index contributed by atoms with van der Waals surface area (Å²) >= 11 is 0. The van der Waals surface area contributed by atoms with Gasteiger partial charge in [-0.25, -0.2) is 0 Å². The Morgan fingerprint density at radius 3 is 0.564 bits per heavy atom. The number of ether oxygens (including phenoxy) is 10. The van der Waals surface area contributed by atoms with E-state index in [0.717, 1.165) is 86.8 Å². The zero-order valence-corrected chi connectivity index (χ0v) is 48.2. The van der Waals surface area contributed by atoms with E-state index < -0.39 is 0 Å². The smallest absolute Gasteiger partial charge is 0.136 e. The van der Waals surface area contributed by atoms with Crippen molar-refractivity contribution in [3.8, 4) is 105 Å². The van der Waals surface area contributed by atoms with Crippen molar-refractivity contribution in [3.05, 3.63) is 117 Å². The molecule has 0 amide bonds. The van der Waals surface area contributed by atoms with Crippen molar-refractivity contribution in [2.45, 2.75) is 133 Å². The highest BCUT2D eigenvalue weighted by Crippen LogP contribution is 2.34. The van der Waals surface area contributed by atoms with Gasteiger partial charge in [0.05, 0.1) is 111 Å². The molecule has 0 spiro atoms. The van der Waals surface area contributed by atoms with Crippen LogP contribution in [0.5, 0.6) is 57.5 Å². The summed E-state index contributed by atoms with van der Waals surface area (Å²) in [6.07, 6.45) is 8.35. The van der Waals surface area contributed by atoms with Crippen molar-refractivity contribution in [1.82, 2.24) is 0 Å². The quantitative estimate of drug-likeness (QED) is 0.0414. The topological polar surface area (TPSA) is 92.3 Å². The molecule has 0 fully saturated rings. The molecule has 414 valence electrons. The fraction of sp³-hybridized carbons (Fsp3) is 0.441. The third kappa shape index (κ3) is 19.4. The van der Waals surface area contributed by atoms with Gasteiger partial charge in [0.1, 0.15) is 57.5 Å². The second kappa shape index (κ2) is 34.9. The molecular formula is C68H82O10. The summed E-state index contributed by atoms with van der Waals surface area (Å²) in [6.45, 7) is 26.0. The largest absolute Gasteiger partial charge is 0.494 e. The molecule has 0 aliphatic carbocycles. The van der Waals surface area contributed by atoms with Crippen LogP contribution < -0.4 is 47.4 Å². The standard InChI is InChI=1S/C68H82O10/c1-11-33-69-59-29-31-61(71-35-13-3)51(43-59)21-23-53-45-65(75-39-17-7)55(47-63(53)73-37-15-5)25-27-57-49-68(78-42-20-10)58(50-67(57)77-41-19-9)28-26-56-48-64(74-38-16-6)54(46-66(56)76-40-18-8)24-22-52-44-60(70-34-12-2)30-32-62(52)72-36-14-4/h29-32,43-50H,11-20,33-42H2,1-10H3. The number of hydrogen-bond acceptors (Lipinski definition) is 10. The lowest BCUT2D eigenvalue weighted by Crippen LogP contribution is -2.03. The Hall–Kier alpha value is -7.66. The minimum atomic E-state index is 0.473. The molecule has 0 aromatic heterocycles. The minimum absolute atomic E-state index is 0.473. The first kappa shape index (κ1) is 61.2. The van der Waals surface area contributed by atoms with Crippen LogP contribution in [0.25, 0.3) is 0 Å². The van der Waals surface area contributed by atoms with E-state index in [-0.39, 0.29) is 0 Å². The highest BCUT2D eigenvalue weighted by Gasteiger charge is 2.16. The van der Waals surface area contributed by atoms with Crippen molar-refractivity contribution in [1.29, 1.82) is 0 Å². The summed E-state index contributed by atoms with van der Waals surface area (Å²) in [5.41, 5.74) is 5.38. The second-order valence-corrected chi connectivity index (χ2v) is 18.3. The Labute approximate surface area is 467 Å². The second-order valence-electron chi connectivity index (χ2n) is 18.3. The summed E-state index contributed by atoms with van der Waals surface area (Å²) < 4.78 is 62.5. The van der Waals surface area contributed by atoms with Gasteiger partial charge >= 0.3 is 0 Å². The van der Waals surface area contributed by atoms with Crippen LogP contribution in [0, 0.1) is 47.4 Å². The normalized spacial score (nSPS) is 10.3. The molecule has 0 atom stereocenters. The maximum Gasteiger partial charge on any atom is 0.136 e. The summed E-state index contributed by atoms with van der Waals surface area (Å²) in [7, 11) is 0. The first-order valence-electron chi connectivity index (χ1n) is 28.4. The van der Waals surface area contributed by atoms with Gasteiger partial charge in [0, 0.05) is 36.4 Å². The minimum Gasteiger partial charge on any atom is -0.494 e. The third-order valence-electron chi connectivity index (χ3n) is 11.1. The van der Waals surface area contributed by atoms with Crippen LogP contribution in [-0.2, 0) is 0 Å². The van der Waals surface area contributed by atoms with Gasteiger partial charge in [-0.05, 0) is 101 Å². The third-order valence-corrected chi connectivity index (χ3v) is 11.1. The maximum atomic E-state index is 6.44. The number of rotatable bonds is 30. The molecule has 5 rings (SSSR count). The number of benzene rings is 5. The van der Waals surface area contributed by atoms with Crippen LogP contribution in [0.1, 0.15) is 178 Å². The molecule has 10 nitrogen and oxygen atoms in total. The predicted molar refractivity (Wildman–Crippen MR) is 314 cm³/mol. The highest BCUT2D eigenvalue weighted by molar-refractivity contribution is 5.66. The average Bonchev–Trinajstić information content (AvgIpc) is 3.50. The summed E-state index contributed by atoms with van der Waals surface area (Å²) in [5, 5.41) is 0. The molecule has 10 heteroatoms. The SMILES string of the molecule is CCCOc1ccc(OCCC)c(C#Cc2cc(OCCC)c(C#Cc3cc(OCCC)c(C#Cc4cc(OCCC)c(C#Cc5cc(OCCC)ccc5OCCC)cc4OCCC)cc3OCCC)cc2OCCC)c1. The zero-order valence-electron chi connectivity index (χ0n) is 48.2. The van der Waals surface area contributed by atoms with E-state index in [4.69, 9.17) is 47.4 Å². The van der Waals surface area contributed by atoms with E-state index in [2.05, 4.69) is 117 Å². The van der Waals surface area contributed by atoms with E-state index >= 15 is 0 Å². The Bertz CT molecular complexity index is 2730. The Balaban J connectivity index is 1.64. The molecule has 78 heavy (non-hydrogen) atoms. The predicted octanol–water partition coefficient (Wildman–Crippen LogP) is 15.2. The molecule has 0 aliphatic heterocycles. The van der Waals surface area contributed by atoms with Gasteiger partial charge in [0.25, 0.3) is 0 Å². The molecule has 0 saturated carbocycles. The Morgan fingerprint density at radius 2 is 0.372 bits per heavy atom. The fourth-order valence-electron chi connectivity index (χ4n) is 7.30. The van der Waals surface area contributed by atoms with E-state index in [1.807, 2.05) is 72.8 Å². The van der Waals surface area contributed by atoms with Gasteiger partial charge in [-0.2, -0.15) is 0 Å². The molecule has 0 N–H and O–H groups in total. The van der Waals surface area contributed by atoms with Crippen molar-refractivity contribution in [2.24, 2.45) is 0 Å². The van der Waals surface area contributed by atoms with Crippen LogP contribution in [0.2, 0.25) is 0 Å². The van der Waals surface area contributed by atoms with Gasteiger partial charge in [0.2, 0.25) is 0 Å². The lowest BCUT2D eigenvalue weighted by molar-refractivity contribution is 0.307. The van der Waals surface area contributed by atoms with Crippen molar-refractivity contribution >= 4 is 0 Å². The van der Waals surface area contributed by atoms with E-state index in [1.54, 1.807) is 0 Å². The van der Waals surface area contributed by atoms with Gasteiger partial charge in [-0.1, -0.05) is 117 Å². The van der Waals surface area contributed by atoms with Crippen molar-refractivity contribution in [2.75, 3.05) is 66.1 Å². The highest BCUT2D eigenvalue weighted by atomic mass is 16.5. The first-order valence-corrected chi connectivity index (χ1v) is 28.4. The lowest BCUT2D eigenvalue weighted by atomic mass is 10.0. The molecule has 0 aliphatic rings. The fourth-order valence-corrected chi connectivity index (χ4v) is 7.30. The van der Waals surface area contributed by atoms with Gasteiger partial charge in [-0.3, -0.25) is 0 Å². The molecule has 0 unspecified atom stereocenters. The Morgan fingerprint density at radius 1 is 0.205 bits per heavy atom. The van der Waals surface area contributed by atoms with E-state index in [1.165, 1.54) is 0 Å². The maximum absolute atomic E-state index is 6.44. The molecule has 5 aromatic rings. The number of hydrogen-bond donors (Lipinski definition) is 0. The van der Waals surface area contributed by atoms with Crippen molar-refractivity contribution < 1.29 is 47.4 Å². The molecular weight excluding hydrogens is 977 g/mol. The molecule has 0 radical (unpaired) electrons. The molecule has 0 saturated heterocycles. The molecule has 0 heterocycles. The zero-order chi connectivity index (χ0) is 55.7. The lowest BCUT2D eigenvalue weighted by Gasteiger charge is -2.14. The van der Waals surface area contributed by atoms with Gasteiger partial charge in [-0.15, -0.1) is 0 Å². The van der Waals surface area contributed by atoms with Crippen LogP contribution in [0.3, 0.4) is 0 Å². The molecule has 0 bridgehead atoms.